The fourth-order valence-corrected chi connectivity index (χ4v) is 4.44. The second-order valence-electron chi connectivity index (χ2n) is 8.68. The minimum Gasteiger partial charge on any atom is -0.507 e. The lowest BCUT2D eigenvalue weighted by molar-refractivity contribution is -0.132. The Morgan fingerprint density at radius 1 is 0.919 bits per heavy atom. The standard InChI is InChI=1S/C30H31NO6/c1-5-16-37-23-9-7-8-21(17-23)31-27(20-12-10-19(6-2)11-13-20)26(29(33)30(31)34)28(32)24-18-22(35-3)14-15-25(24)36-4/h7-15,17-18,27,32H,5-6,16H2,1-4H3/b28-26+. The molecule has 7 nitrogen and oxygen atoms in total. The number of rotatable bonds is 9. The second-order valence-corrected chi connectivity index (χ2v) is 8.68. The van der Waals surface area contributed by atoms with Gasteiger partial charge in [-0.25, -0.2) is 0 Å². The lowest BCUT2D eigenvalue weighted by Gasteiger charge is -2.26. The van der Waals surface area contributed by atoms with Crippen LogP contribution >= 0.6 is 0 Å². The van der Waals surface area contributed by atoms with Gasteiger partial charge in [-0.15, -0.1) is 0 Å². The Morgan fingerprint density at radius 3 is 2.32 bits per heavy atom. The molecule has 0 bridgehead atoms. The Morgan fingerprint density at radius 2 is 1.68 bits per heavy atom. The first-order chi connectivity index (χ1) is 17.9. The van der Waals surface area contributed by atoms with E-state index >= 15 is 0 Å². The van der Waals surface area contributed by atoms with Crippen LogP contribution in [0.1, 0.15) is 43.0 Å². The molecule has 0 saturated carbocycles. The van der Waals surface area contributed by atoms with Gasteiger partial charge in [-0.3, -0.25) is 14.5 Å². The number of aliphatic hydroxyl groups excluding tert-OH is 1. The van der Waals surface area contributed by atoms with Crippen molar-refractivity contribution in [1.82, 2.24) is 0 Å². The highest BCUT2D eigenvalue weighted by atomic mass is 16.5. The number of ketones is 1. The number of aliphatic hydroxyl groups is 1. The van der Waals surface area contributed by atoms with Crippen LogP contribution in [0.3, 0.4) is 0 Å². The van der Waals surface area contributed by atoms with Crippen molar-refractivity contribution >= 4 is 23.1 Å². The third kappa shape index (κ3) is 5.03. The van der Waals surface area contributed by atoms with Crippen LogP contribution in [0.4, 0.5) is 5.69 Å². The highest BCUT2D eigenvalue weighted by Gasteiger charge is 2.47. The van der Waals surface area contributed by atoms with Gasteiger partial charge >= 0.3 is 0 Å². The number of benzene rings is 3. The number of methoxy groups -OCH3 is 2. The van der Waals surface area contributed by atoms with Gasteiger partial charge in [-0.1, -0.05) is 44.2 Å². The number of carbonyl (C=O) groups excluding carboxylic acids is 2. The van der Waals surface area contributed by atoms with E-state index in [0.717, 1.165) is 18.4 Å². The average molecular weight is 502 g/mol. The molecule has 1 heterocycles. The Hall–Kier alpha value is -4.26. The molecular formula is C30H31NO6. The predicted molar refractivity (Wildman–Crippen MR) is 142 cm³/mol. The summed E-state index contributed by atoms with van der Waals surface area (Å²) < 4.78 is 16.5. The summed E-state index contributed by atoms with van der Waals surface area (Å²) in [4.78, 5) is 28.4. The molecule has 1 N–H and O–H groups in total. The summed E-state index contributed by atoms with van der Waals surface area (Å²) in [5.41, 5.74) is 2.54. The molecule has 1 aliphatic rings. The zero-order chi connectivity index (χ0) is 26.5. The lowest BCUT2D eigenvalue weighted by Crippen LogP contribution is -2.29. The van der Waals surface area contributed by atoms with Crippen molar-refractivity contribution in [3.05, 3.63) is 89.0 Å². The summed E-state index contributed by atoms with van der Waals surface area (Å²) in [6.07, 6.45) is 1.68. The summed E-state index contributed by atoms with van der Waals surface area (Å²) in [6, 6.07) is 18.8. The molecule has 1 fully saturated rings. The van der Waals surface area contributed by atoms with E-state index in [2.05, 4.69) is 6.92 Å². The van der Waals surface area contributed by atoms with Crippen molar-refractivity contribution in [2.24, 2.45) is 0 Å². The van der Waals surface area contributed by atoms with Crippen LogP contribution in [0.25, 0.3) is 5.76 Å². The lowest BCUT2D eigenvalue weighted by atomic mass is 9.94. The number of aryl methyl sites for hydroxylation is 1. The maximum Gasteiger partial charge on any atom is 0.300 e. The molecule has 0 spiro atoms. The van der Waals surface area contributed by atoms with Gasteiger partial charge in [-0.2, -0.15) is 0 Å². The normalized spacial score (nSPS) is 16.6. The van der Waals surface area contributed by atoms with E-state index in [1.54, 1.807) is 36.4 Å². The first-order valence-corrected chi connectivity index (χ1v) is 12.3. The van der Waals surface area contributed by atoms with Crippen molar-refractivity contribution in [3.8, 4) is 17.2 Å². The fraction of sp³-hybridized carbons (Fsp3) is 0.267. The summed E-state index contributed by atoms with van der Waals surface area (Å²) in [5.74, 6) is -0.441. The summed E-state index contributed by atoms with van der Waals surface area (Å²) >= 11 is 0. The molecule has 37 heavy (non-hydrogen) atoms. The quantitative estimate of drug-likeness (QED) is 0.231. The molecule has 3 aromatic carbocycles. The zero-order valence-electron chi connectivity index (χ0n) is 21.5. The van der Waals surface area contributed by atoms with E-state index in [9.17, 15) is 14.7 Å². The number of Topliss-reactive ketones (excluding diaryl/α,β-unsaturated/α-hetero) is 1. The molecule has 1 unspecified atom stereocenters. The minimum atomic E-state index is -0.858. The number of hydrogen-bond acceptors (Lipinski definition) is 6. The number of amides is 1. The van der Waals surface area contributed by atoms with Crippen LogP contribution in [-0.4, -0.2) is 37.6 Å². The minimum absolute atomic E-state index is 0.0271. The third-order valence-corrected chi connectivity index (χ3v) is 6.38. The van der Waals surface area contributed by atoms with Gasteiger partial charge in [0.1, 0.15) is 23.0 Å². The monoisotopic (exact) mass is 501 g/mol. The Balaban J connectivity index is 1.93. The maximum absolute atomic E-state index is 13.5. The van der Waals surface area contributed by atoms with Crippen LogP contribution in [0, 0.1) is 0 Å². The molecule has 1 amide bonds. The van der Waals surface area contributed by atoms with Gasteiger partial charge < -0.3 is 19.3 Å². The number of nitrogens with zero attached hydrogens (tertiary/aromatic N) is 1. The number of carbonyl (C=O) groups is 2. The van der Waals surface area contributed by atoms with Gasteiger partial charge in [0.2, 0.25) is 0 Å². The van der Waals surface area contributed by atoms with Crippen LogP contribution in [0.5, 0.6) is 17.2 Å². The van der Waals surface area contributed by atoms with Crippen LogP contribution in [0.2, 0.25) is 0 Å². The van der Waals surface area contributed by atoms with E-state index in [4.69, 9.17) is 14.2 Å². The largest absolute Gasteiger partial charge is 0.507 e. The molecule has 4 rings (SSSR count). The number of anilines is 1. The van der Waals surface area contributed by atoms with E-state index in [-0.39, 0.29) is 16.9 Å². The Kier molecular flexibility index (Phi) is 7.82. The van der Waals surface area contributed by atoms with Crippen LogP contribution in [-0.2, 0) is 16.0 Å². The van der Waals surface area contributed by atoms with Gasteiger partial charge in [0, 0.05) is 11.8 Å². The van der Waals surface area contributed by atoms with Crippen molar-refractivity contribution in [1.29, 1.82) is 0 Å². The average Bonchev–Trinajstić information content (AvgIpc) is 3.21. The third-order valence-electron chi connectivity index (χ3n) is 6.38. The van der Waals surface area contributed by atoms with Crippen molar-refractivity contribution in [2.75, 3.05) is 25.7 Å². The van der Waals surface area contributed by atoms with E-state index in [1.807, 2.05) is 37.3 Å². The maximum atomic E-state index is 13.5. The summed E-state index contributed by atoms with van der Waals surface area (Å²) in [6.45, 7) is 4.59. The Bertz CT molecular complexity index is 1330. The Labute approximate surface area is 216 Å². The summed E-state index contributed by atoms with van der Waals surface area (Å²) in [7, 11) is 2.98. The van der Waals surface area contributed by atoms with E-state index in [0.29, 0.717) is 35.1 Å². The molecule has 1 saturated heterocycles. The zero-order valence-corrected chi connectivity index (χ0v) is 21.5. The molecule has 0 radical (unpaired) electrons. The first-order valence-electron chi connectivity index (χ1n) is 12.3. The molecule has 1 atom stereocenters. The first kappa shape index (κ1) is 25.8. The van der Waals surface area contributed by atoms with Gasteiger partial charge in [0.05, 0.1) is 38.0 Å². The molecule has 3 aromatic rings. The molecule has 192 valence electrons. The molecule has 7 heteroatoms. The molecule has 1 aliphatic heterocycles. The second kappa shape index (κ2) is 11.2. The smallest absolute Gasteiger partial charge is 0.300 e. The molecule has 0 aliphatic carbocycles. The predicted octanol–water partition coefficient (Wildman–Crippen LogP) is 5.68. The van der Waals surface area contributed by atoms with Crippen LogP contribution < -0.4 is 19.1 Å². The molecule has 0 aromatic heterocycles. The van der Waals surface area contributed by atoms with Gasteiger partial charge in [0.15, 0.2) is 0 Å². The van der Waals surface area contributed by atoms with Crippen molar-refractivity contribution < 1.29 is 28.9 Å². The summed E-state index contributed by atoms with van der Waals surface area (Å²) in [5, 5.41) is 11.5. The fourth-order valence-electron chi connectivity index (χ4n) is 4.44. The van der Waals surface area contributed by atoms with Crippen molar-refractivity contribution in [3.63, 3.8) is 0 Å². The van der Waals surface area contributed by atoms with Crippen molar-refractivity contribution in [2.45, 2.75) is 32.7 Å². The highest BCUT2D eigenvalue weighted by Crippen LogP contribution is 2.44. The topological polar surface area (TPSA) is 85.3 Å². The number of hydrogen-bond donors (Lipinski definition) is 1. The van der Waals surface area contributed by atoms with Gasteiger partial charge in [0.25, 0.3) is 11.7 Å². The molecular weight excluding hydrogens is 470 g/mol. The highest BCUT2D eigenvalue weighted by molar-refractivity contribution is 6.51. The van der Waals surface area contributed by atoms with E-state index in [1.165, 1.54) is 19.1 Å². The van der Waals surface area contributed by atoms with E-state index < -0.39 is 17.7 Å². The number of ether oxygens (including phenoxy) is 3. The van der Waals surface area contributed by atoms with Gasteiger partial charge in [-0.05, 0) is 54.3 Å². The van der Waals surface area contributed by atoms with Crippen LogP contribution in [0.15, 0.2) is 72.3 Å². The SMILES string of the molecule is CCCOc1cccc(N2C(=O)C(=O)/C(=C(/O)c3cc(OC)ccc3OC)C2c2ccc(CC)cc2)c1.